The highest BCUT2D eigenvalue weighted by Crippen LogP contribution is 2.43. The van der Waals surface area contributed by atoms with E-state index in [0.717, 1.165) is 17.7 Å². The average molecular weight is 499 g/mol. The predicted molar refractivity (Wildman–Crippen MR) is 143 cm³/mol. The number of hydrogen-bond acceptors (Lipinski definition) is 6. The number of ether oxygens (including phenoxy) is 2. The first-order valence-corrected chi connectivity index (χ1v) is 12.4. The molecule has 0 unspecified atom stereocenters. The van der Waals surface area contributed by atoms with Gasteiger partial charge in [-0.3, -0.25) is 14.5 Å². The van der Waals surface area contributed by atoms with Crippen molar-refractivity contribution in [3.05, 3.63) is 93.0 Å². The quantitative estimate of drug-likeness (QED) is 0.311. The van der Waals surface area contributed by atoms with Gasteiger partial charge in [-0.2, -0.15) is 0 Å². The van der Waals surface area contributed by atoms with Gasteiger partial charge in [0.25, 0.3) is 5.91 Å². The van der Waals surface area contributed by atoms with Crippen LogP contribution < -0.4 is 19.8 Å². The third-order valence-corrected chi connectivity index (χ3v) is 6.60. The van der Waals surface area contributed by atoms with Crippen molar-refractivity contribution in [3.63, 3.8) is 0 Å². The number of hydrogen-bond donors (Lipinski definition) is 0. The lowest BCUT2D eigenvalue weighted by molar-refractivity contribution is 0.0970. The minimum Gasteiger partial charge on any atom is -0.493 e. The van der Waals surface area contributed by atoms with Crippen LogP contribution in [-0.4, -0.2) is 24.6 Å². The van der Waals surface area contributed by atoms with Crippen molar-refractivity contribution in [2.24, 2.45) is 5.92 Å². The van der Waals surface area contributed by atoms with E-state index in [9.17, 15) is 9.59 Å². The molecule has 2 aromatic carbocycles. The van der Waals surface area contributed by atoms with Gasteiger partial charge in [-0.25, -0.2) is 4.98 Å². The molecular formula is C30H30N2O5. The highest BCUT2D eigenvalue weighted by atomic mass is 16.5. The number of carbonyl (C=O) groups excluding carboxylic acids is 1. The average Bonchev–Trinajstić information content (AvgIpc) is 3.17. The Kier molecular flexibility index (Phi) is 6.46. The van der Waals surface area contributed by atoms with E-state index in [4.69, 9.17) is 13.9 Å². The SMILES string of the molecule is COc1cc([C@H]2c3c(oc4ccc(C)cc4c3=O)C(=O)N2c2cccc(C)n2)ccc1OCCC(C)C. The van der Waals surface area contributed by atoms with E-state index in [-0.39, 0.29) is 11.2 Å². The van der Waals surface area contributed by atoms with Crippen LogP contribution in [0.3, 0.4) is 0 Å². The smallest absolute Gasteiger partial charge is 0.296 e. The van der Waals surface area contributed by atoms with Gasteiger partial charge in [0.2, 0.25) is 5.76 Å². The van der Waals surface area contributed by atoms with Crippen molar-refractivity contribution in [2.45, 2.75) is 40.2 Å². The molecule has 4 aromatic rings. The van der Waals surface area contributed by atoms with Gasteiger partial charge in [0.05, 0.1) is 30.7 Å². The molecule has 0 aliphatic carbocycles. The van der Waals surface area contributed by atoms with Crippen molar-refractivity contribution < 1.29 is 18.7 Å². The Balaban J connectivity index is 1.69. The molecule has 0 saturated carbocycles. The minimum atomic E-state index is -0.739. The Morgan fingerprint density at radius 1 is 1.03 bits per heavy atom. The monoisotopic (exact) mass is 498 g/mol. The van der Waals surface area contributed by atoms with E-state index in [0.29, 0.717) is 51.9 Å². The molecule has 2 aromatic heterocycles. The molecule has 1 aliphatic rings. The summed E-state index contributed by atoms with van der Waals surface area (Å²) in [4.78, 5) is 33.8. The number of amides is 1. The highest BCUT2D eigenvalue weighted by molar-refractivity contribution is 6.10. The summed E-state index contributed by atoms with van der Waals surface area (Å²) in [5, 5.41) is 0.441. The fraction of sp³-hybridized carbons (Fsp3) is 0.300. The van der Waals surface area contributed by atoms with Crippen LogP contribution >= 0.6 is 0 Å². The summed E-state index contributed by atoms with van der Waals surface area (Å²) in [6, 6.07) is 15.6. The Labute approximate surface area is 215 Å². The van der Waals surface area contributed by atoms with Gasteiger partial charge in [0.1, 0.15) is 11.4 Å². The van der Waals surface area contributed by atoms with E-state index >= 15 is 0 Å². The van der Waals surface area contributed by atoms with E-state index < -0.39 is 11.9 Å². The van der Waals surface area contributed by atoms with Crippen molar-refractivity contribution >= 4 is 22.7 Å². The number of benzene rings is 2. The molecule has 0 bridgehead atoms. The summed E-state index contributed by atoms with van der Waals surface area (Å²) in [6.45, 7) is 8.62. The van der Waals surface area contributed by atoms with Gasteiger partial charge in [-0.1, -0.05) is 37.6 Å². The zero-order valence-electron chi connectivity index (χ0n) is 21.7. The van der Waals surface area contributed by atoms with Crippen LogP contribution in [0.1, 0.15) is 59.2 Å². The molecule has 1 atom stereocenters. The van der Waals surface area contributed by atoms with E-state index in [1.807, 2.05) is 50.2 Å². The molecule has 0 fully saturated rings. The number of fused-ring (bicyclic) bond motifs is 2. The van der Waals surface area contributed by atoms with Crippen LogP contribution in [0.4, 0.5) is 5.82 Å². The van der Waals surface area contributed by atoms with Gasteiger partial charge in [-0.15, -0.1) is 0 Å². The fourth-order valence-electron chi connectivity index (χ4n) is 4.68. The first-order chi connectivity index (χ1) is 17.8. The lowest BCUT2D eigenvalue weighted by atomic mass is 9.97. The third kappa shape index (κ3) is 4.46. The number of rotatable bonds is 7. The fourth-order valence-corrected chi connectivity index (χ4v) is 4.68. The lowest BCUT2D eigenvalue weighted by Crippen LogP contribution is -2.30. The van der Waals surface area contributed by atoms with Gasteiger partial charge in [0, 0.05) is 5.69 Å². The predicted octanol–water partition coefficient (Wildman–Crippen LogP) is 5.99. The lowest BCUT2D eigenvalue weighted by Gasteiger charge is -2.25. The summed E-state index contributed by atoms with van der Waals surface area (Å²) >= 11 is 0. The Morgan fingerprint density at radius 3 is 2.57 bits per heavy atom. The van der Waals surface area contributed by atoms with E-state index in [2.05, 4.69) is 18.8 Å². The largest absolute Gasteiger partial charge is 0.493 e. The summed E-state index contributed by atoms with van der Waals surface area (Å²) in [5.74, 6) is 1.72. The number of aromatic nitrogens is 1. The number of anilines is 1. The Bertz CT molecular complexity index is 1560. The normalized spacial score (nSPS) is 14.9. The summed E-state index contributed by atoms with van der Waals surface area (Å²) in [5.41, 5.74) is 2.83. The second-order valence-corrected chi connectivity index (χ2v) is 9.83. The number of methoxy groups -OCH3 is 1. The standard InChI is InChI=1S/C30H30N2O5/c1-17(2)13-14-36-23-12-10-20(16-24(23)35-5)27-26-28(33)21-15-18(3)9-11-22(21)37-29(26)30(34)32(27)25-8-6-7-19(4)31-25/h6-12,15-17,27H,13-14H2,1-5H3/t27-/m0/s1. The molecule has 190 valence electrons. The van der Waals surface area contributed by atoms with Gasteiger partial charge in [0.15, 0.2) is 16.9 Å². The van der Waals surface area contributed by atoms with Crippen molar-refractivity contribution in [1.29, 1.82) is 0 Å². The van der Waals surface area contributed by atoms with Gasteiger partial charge in [-0.05, 0) is 68.1 Å². The molecule has 0 radical (unpaired) electrons. The van der Waals surface area contributed by atoms with Crippen LogP contribution in [0.25, 0.3) is 11.0 Å². The molecule has 1 aliphatic heterocycles. The third-order valence-electron chi connectivity index (χ3n) is 6.60. The zero-order valence-corrected chi connectivity index (χ0v) is 21.7. The van der Waals surface area contributed by atoms with Crippen LogP contribution in [0.2, 0.25) is 0 Å². The maximum absolute atomic E-state index is 13.9. The molecular weight excluding hydrogens is 468 g/mol. The van der Waals surface area contributed by atoms with E-state index in [1.165, 1.54) is 4.90 Å². The van der Waals surface area contributed by atoms with Crippen molar-refractivity contribution in [3.8, 4) is 11.5 Å². The second-order valence-electron chi connectivity index (χ2n) is 9.83. The van der Waals surface area contributed by atoms with Crippen LogP contribution in [-0.2, 0) is 0 Å². The molecule has 3 heterocycles. The topological polar surface area (TPSA) is 81.9 Å². The number of aryl methyl sites for hydroxylation is 2. The number of pyridine rings is 1. The molecule has 7 heteroatoms. The molecule has 0 saturated heterocycles. The first kappa shape index (κ1) is 24.6. The first-order valence-electron chi connectivity index (χ1n) is 12.4. The molecule has 1 amide bonds. The molecule has 7 nitrogen and oxygen atoms in total. The second kappa shape index (κ2) is 9.73. The summed E-state index contributed by atoms with van der Waals surface area (Å²) < 4.78 is 17.7. The number of carbonyl (C=O) groups is 1. The molecule has 5 rings (SSSR count). The maximum atomic E-state index is 13.9. The Morgan fingerprint density at radius 2 is 1.84 bits per heavy atom. The van der Waals surface area contributed by atoms with Gasteiger partial charge >= 0.3 is 0 Å². The van der Waals surface area contributed by atoms with Crippen LogP contribution in [0, 0.1) is 19.8 Å². The van der Waals surface area contributed by atoms with Gasteiger partial charge < -0.3 is 13.9 Å². The molecule has 0 spiro atoms. The molecule has 0 N–H and O–H groups in total. The van der Waals surface area contributed by atoms with Crippen molar-refractivity contribution in [1.82, 2.24) is 4.98 Å². The van der Waals surface area contributed by atoms with Crippen LogP contribution in [0.5, 0.6) is 11.5 Å². The number of nitrogens with zero attached hydrogens (tertiary/aromatic N) is 2. The summed E-state index contributed by atoms with van der Waals surface area (Å²) in [7, 11) is 1.58. The Hall–Kier alpha value is -4.13. The molecule has 37 heavy (non-hydrogen) atoms. The minimum absolute atomic E-state index is 0.0332. The maximum Gasteiger partial charge on any atom is 0.296 e. The zero-order chi connectivity index (χ0) is 26.3. The highest BCUT2D eigenvalue weighted by Gasteiger charge is 2.44. The van der Waals surface area contributed by atoms with E-state index in [1.54, 1.807) is 25.3 Å². The van der Waals surface area contributed by atoms with Crippen LogP contribution in [0.15, 0.2) is 63.8 Å². The van der Waals surface area contributed by atoms with Crippen molar-refractivity contribution in [2.75, 3.05) is 18.6 Å². The summed E-state index contributed by atoms with van der Waals surface area (Å²) in [6.07, 6.45) is 0.912.